The molecule has 96 valence electrons. The van der Waals surface area contributed by atoms with Crippen LogP contribution in [-0.2, 0) is 9.84 Å². The van der Waals surface area contributed by atoms with E-state index in [0.717, 1.165) is 0 Å². The van der Waals surface area contributed by atoms with Crippen LogP contribution in [0.25, 0.3) is 0 Å². The van der Waals surface area contributed by atoms with Crippen molar-refractivity contribution in [2.24, 2.45) is 5.16 Å². The molecule has 1 heterocycles. The first-order chi connectivity index (χ1) is 8.38. The van der Waals surface area contributed by atoms with E-state index >= 15 is 0 Å². The molecule has 0 saturated carbocycles. The van der Waals surface area contributed by atoms with Crippen LogP contribution < -0.4 is 0 Å². The molecule has 0 spiro atoms. The number of hydrogen-bond donors (Lipinski definition) is 2. The lowest BCUT2D eigenvalue weighted by atomic mass is 9.97. The van der Waals surface area contributed by atoms with Crippen molar-refractivity contribution in [1.82, 2.24) is 0 Å². The van der Waals surface area contributed by atoms with Gasteiger partial charge >= 0.3 is 5.97 Å². The summed E-state index contributed by atoms with van der Waals surface area (Å²) in [6.45, 7) is 1.51. The monoisotopic (exact) mass is 269 g/mol. The van der Waals surface area contributed by atoms with Crippen LogP contribution in [0.3, 0.4) is 0 Å². The Balaban J connectivity index is 2.85. The molecule has 2 N–H and O–H groups in total. The second-order valence-electron chi connectivity index (χ2n) is 4.03. The highest BCUT2D eigenvalue weighted by Gasteiger charge is 2.31. The molecule has 1 aromatic carbocycles. The molecule has 1 aromatic rings. The van der Waals surface area contributed by atoms with Crippen LogP contribution in [0.2, 0.25) is 0 Å². The van der Waals surface area contributed by atoms with Gasteiger partial charge in [0.15, 0.2) is 9.84 Å². The third-order valence-corrected chi connectivity index (χ3v) is 4.76. The van der Waals surface area contributed by atoms with E-state index in [1.165, 1.54) is 19.1 Å². The van der Waals surface area contributed by atoms with E-state index in [1.807, 2.05) is 0 Å². The highest BCUT2D eigenvalue weighted by molar-refractivity contribution is 7.91. The summed E-state index contributed by atoms with van der Waals surface area (Å²) in [4.78, 5) is 11.0. The topological polar surface area (TPSA) is 104 Å². The van der Waals surface area contributed by atoms with E-state index in [9.17, 15) is 13.2 Å². The lowest BCUT2D eigenvalue weighted by molar-refractivity contribution is 0.0696. The summed E-state index contributed by atoms with van der Waals surface area (Å²) in [5.74, 6) is -1.28. The number of carboxylic acids is 1. The standard InChI is InChI=1S/C11H11NO5S/c1-6-7(11(13)14)2-3-9-10(6)8(12-15)4-5-18(9,16)17/h2-3,15H,4-5H2,1H3,(H,13,14)/b12-8+. The van der Waals surface area contributed by atoms with E-state index in [1.54, 1.807) is 0 Å². The number of benzene rings is 1. The zero-order valence-corrected chi connectivity index (χ0v) is 10.4. The van der Waals surface area contributed by atoms with E-state index in [0.29, 0.717) is 5.56 Å². The zero-order chi connectivity index (χ0) is 13.5. The van der Waals surface area contributed by atoms with Crippen LogP contribution in [-0.4, -0.2) is 36.2 Å². The number of oxime groups is 1. The Morgan fingerprint density at radius 1 is 1.39 bits per heavy atom. The van der Waals surface area contributed by atoms with Gasteiger partial charge in [0.25, 0.3) is 0 Å². The van der Waals surface area contributed by atoms with Gasteiger partial charge in [-0.3, -0.25) is 0 Å². The first-order valence-corrected chi connectivity index (χ1v) is 6.84. The van der Waals surface area contributed by atoms with Gasteiger partial charge in [-0.1, -0.05) is 5.16 Å². The number of aromatic carboxylic acids is 1. The van der Waals surface area contributed by atoms with E-state index in [2.05, 4.69) is 5.16 Å². The fourth-order valence-electron chi connectivity index (χ4n) is 2.10. The van der Waals surface area contributed by atoms with Gasteiger partial charge in [0.2, 0.25) is 0 Å². The Labute approximate surface area is 103 Å². The van der Waals surface area contributed by atoms with Crippen molar-refractivity contribution < 1.29 is 23.5 Å². The maximum Gasteiger partial charge on any atom is 0.335 e. The second kappa shape index (κ2) is 4.09. The lowest BCUT2D eigenvalue weighted by Gasteiger charge is -2.20. The summed E-state index contributed by atoms with van der Waals surface area (Å²) in [5.41, 5.74) is 0.729. The molecule has 7 heteroatoms. The molecule has 0 fully saturated rings. The smallest absolute Gasteiger partial charge is 0.335 e. The molecule has 18 heavy (non-hydrogen) atoms. The van der Waals surface area contributed by atoms with Gasteiger partial charge in [-0.15, -0.1) is 0 Å². The van der Waals surface area contributed by atoms with Crippen molar-refractivity contribution in [3.8, 4) is 0 Å². The lowest BCUT2D eigenvalue weighted by Crippen LogP contribution is -2.24. The third kappa shape index (κ3) is 1.76. The van der Waals surface area contributed by atoms with Crippen LogP contribution in [0.4, 0.5) is 0 Å². The van der Waals surface area contributed by atoms with E-state index < -0.39 is 15.8 Å². The van der Waals surface area contributed by atoms with Crippen LogP contribution in [0.5, 0.6) is 0 Å². The molecule has 0 amide bonds. The number of rotatable bonds is 1. The molecule has 0 saturated heterocycles. The molecular weight excluding hydrogens is 258 g/mol. The van der Waals surface area contributed by atoms with Gasteiger partial charge in [0.05, 0.1) is 21.9 Å². The summed E-state index contributed by atoms with van der Waals surface area (Å²) in [6, 6.07) is 2.51. The highest BCUT2D eigenvalue weighted by atomic mass is 32.2. The van der Waals surface area contributed by atoms with Gasteiger partial charge in [-0.25, -0.2) is 13.2 Å². The van der Waals surface area contributed by atoms with Crippen molar-refractivity contribution in [3.05, 3.63) is 28.8 Å². The molecule has 2 rings (SSSR count). The maximum atomic E-state index is 11.9. The fraction of sp³-hybridized carbons (Fsp3) is 0.273. The predicted molar refractivity (Wildman–Crippen MR) is 63.1 cm³/mol. The SMILES string of the molecule is Cc1c(C(=O)O)ccc2c1/C(=N/O)CCS2(=O)=O. The quantitative estimate of drug-likeness (QED) is 0.585. The molecule has 0 atom stereocenters. The number of nitrogens with zero attached hydrogens (tertiary/aromatic N) is 1. The number of fused-ring (bicyclic) bond motifs is 1. The minimum atomic E-state index is -3.43. The minimum absolute atomic E-state index is 0.00648. The molecule has 0 unspecified atom stereocenters. The van der Waals surface area contributed by atoms with Gasteiger partial charge < -0.3 is 10.3 Å². The summed E-state index contributed by atoms with van der Waals surface area (Å²) in [6.07, 6.45) is 0.0791. The molecule has 0 radical (unpaired) electrons. The summed E-state index contributed by atoms with van der Waals surface area (Å²) in [7, 11) is -3.43. The Morgan fingerprint density at radius 3 is 2.61 bits per heavy atom. The Hall–Kier alpha value is -1.89. The van der Waals surface area contributed by atoms with Gasteiger partial charge in [0.1, 0.15) is 0 Å². The largest absolute Gasteiger partial charge is 0.478 e. The predicted octanol–water partition coefficient (Wildman–Crippen LogP) is 1.05. The molecule has 0 aliphatic carbocycles. The fourth-order valence-corrected chi connectivity index (χ4v) is 3.64. The first kappa shape index (κ1) is 12.6. The third-order valence-electron chi connectivity index (χ3n) is 3.01. The highest BCUT2D eigenvalue weighted by Crippen LogP contribution is 2.30. The molecule has 0 aromatic heterocycles. The summed E-state index contributed by atoms with van der Waals surface area (Å²) >= 11 is 0. The number of carboxylic acid groups (broad SMARTS) is 1. The van der Waals surface area contributed by atoms with Crippen LogP contribution in [0, 0.1) is 6.92 Å². The molecule has 6 nitrogen and oxygen atoms in total. The van der Waals surface area contributed by atoms with Crippen LogP contribution >= 0.6 is 0 Å². The van der Waals surface area contributed by atoms with E-state index in [4.69, 9.17) is 10.3 Å². The maximum absolute atomic E-state index is 11.9. The molecule has 1 aliphatic heterocycles. The average molecular weight is 269 g/mol. The number of carbonyl (C=O) groups is 1. The van der Waals surface area contributed by atoms with Gasteiger partial charge in [-0.2, -0.15) is 0 Å². The average Bonchev–Trinajstić information content (AvgIpc) is 2.29. The first-order valence-electron chi connectivity index (χ1n) is 5.19. The zero-order valence-electron chi connectivity index (χ0n) is 9.54. The van der Waals surface area contributed by atoms with Crippen LogP contribution in [0.15, 0.2) is 22.2 Å². The molecule has 0 bridgehead atoms. The number of hydrogen-bond acceptors (Lipinski definition) is 5. The minimum Gasteiger partial charge on any atom is -0.478 e. The summed E-state index contributed by atoms with van der Waals surface area (Å²) < 4.78 is 23.8. The second-order valence-corrected chi connectivity index (χ2v) is 6.11. The van der Waals surface area contributed by atoms with E-state index in [-0.39, 0.29) is 33.9 Å². The van der Waals surface area contributed by atoms with Crippen molar-refractivity contribution in [3.63, 3.8) is 0 Å². The van der Waals surface area contributed by atoms with Crippen molar-refractivity contribution in [2.75, 3.05) is 5.75 Å². The van der Waals surface area contributed by atoms with Gasteiger partial charge in [-0.05, 0) is 24.6 Å². The molecular formula is C11H11NO5S. The van der Waals surface area contributed by atoms with Crippen molar-refractivity contribution in [2.45, 2.75) is 18.2 Å². The summed E-state index contributed by atoms with van der Waals surface area (Å²) in [5, 5.41) is 21.0. The van der Waals surface area contributed by atoms with Gasteiger partial charge in [0, 0.05) is 12.0 Å². The Bertz CT molecular complexity index is 660. The van der Waals surface area contributed by atoms with Crippen LogP contribution in [0.1, 0.15) is 27.9 Å². The number of sulfone groups is 1. The Morgan fingerprint density at radius 2 is 2.06 bits per heavy atom. The van der Waals surface area contributed by atoms with Crippen molar-refractivity contribution >= 4 is 21.5 Å². The Kier molecular flexibility index (Phi) is 2.86. The molecule has 1 aliphatic rings. The van der Waals surface area contributed by atoms with Crippen molar-refractivity contribution in [1.29, 1.82) is 0 Å². The normalized spacial score (nSPS) is 19.5.